The fourth-order valence-electron chi connectivity index (χ4n) is 1.47. The predicted molar refractivity (Wildman–Crippen MR) is 78.3 cm³/mol. The van der Waals surface area contributed by atoms with Crippen molar-refractivity contribution in [3.63, 3.8) is 0 Å². The van der Waals surface area contributed by atoms with Gasteiger partial charge in [0.25, 0.3) is 5.91 Å². The van der Waals surface area contributed by atoms with Crippen LogP contribution in [-0.4, -0.2) is 52.3 Å². The summed E-state index contributed by atoms with van der Waals surface area (Å²) in [6.45, 7) is 1.86. The highest BCUT2D eigenvalue weighted by atomic mass is 32.2. The quantitative estimate of drug-likeness (QED) is 0.760. The van der Waals surface area contributed by atoms with Crippen LogP contribution in [0.15, 0.2) is 29.2 Å². The Bertz CT molecular complexity index is 609. The van der Waals surface area contributed by atoms with E-state index in [1.165, 1.54) is 29.2 Å². The lowest BCUT2D eigenvalue weighted by Crippen LogP contribution is -2.36. The summed E-state index contributed by atoms with van der Waals surface area (Å²) in [5.41, 5.74) is 0.289. The van der Waals surface area contributed by atoms with E-state index in [0.717, 1.165) is 0 Å². The molecule has 2 N–H and O–H groups in total. The molecule has 2 amide bonds. The van der Waals surface area contributed by atoms with Crippen molar-refractivity contribution in [3.8, 4) is 0 Å². The number of carbonyl (C=O) groups excluding carboxylic acids is 2. The fraction of sp³-hybridized carbons (Fsp3) is 0.385. The number of carbonyl (C=O) groups is 2. The number of sulfonamides is 1. The first kappa shape index (κ1) is 17.1. The molecule has 1 aromatic carbocycles. The third-order valence-corrected chi connectivity index (χ3v) is 4.22. The van der Waals surface area contributed by atoms with E-state index in [4.69, 9.17) is 0 Å². The minimum absolute atomic E-state index is 0.0882. The Kier molecular flexibility index (Phi) is 5.86. The second-order valence-electron chi connectivity index (χ2n) is 4.50. The molecule has 0 atom stereocenters. The number of rotatable bonds is 6. The number of benzene rings is 1. The molecule has 0 spiro atoms. The van der Waals surface area contributed by atoms with E-state index in [2.05, 4.69) is 10.0 Å². The third kappa shape index (κ3) is 4.83. The van der Waals surface area contributed by atoms with E-state index in [-0.39, 0.29) is 29.5 Å². The zero-order valence-electron chi connectivity index (χ0n) is 12.2. The van der Waals surface area contributed by atoms with Gasteiger partial charge >= 0.3 is 0 Å². The van der Waals surface area contributed by atoms with Gasteiger partial charge in [-0.2, -0.15) is 0 Å². The SMILES string of the molecule is CCNS(=O)(=O)c1ccc(C(=O)NCC(=O)N(C)C)cc1. The maximum absolute atomic E-state index is 11.8. The van der Waals surface area contributed by atoms with Crippen LogP contribution in [0.2, 0.25) is 0 Å². The van der Waals surface area contributed by atoms with Gasteiger partial charge in [0.15, 0.2) is 0 Å². The summed E-state index contributed by atoms with van der Waals surface area (Å²) in [5.74, 6) is -0.660. The molecule has 0 aliphatic rings. The van der Waals surface area contributed by atoms with Crippen molar-refractivity contribution in [1.29, 1.82) is 0 Å². The number of nitrogens with zero attached hydrogens (tertiary/aromatic N) is 1. The highest BCUT2D eigenvalue weighted by molar-refractivity contribution is 7.89. The summed E-state index contributed by atoms with van der Waals surface area (Å²) < 4.78 is 25.8. The van der Waals surface area contributed by atoms with Crippen LogP contribution < -0.4 is 10.0 Å². The first-order valence-electron chi connectivity index (χ1n) is 6.36. The van der Waals surface area contributed by atoms with Crippen molar-refractivity contribution in [2.24, 2.45) is 0 Å². The zero-order valence-corrected chi connectivity index (χ0v) is 13.0. The van der Waals surface area contributed by atoms with Gasteiger partial charge in [0.2, 0.25) is 15.9 Å². The molecule has 0 bridgehead atoms. The Hall–Kier alpha value is -1.93. The number of likely N-dealkylation sites (N-methyl/N-ethyl adjacent to an activating group) is 1. The van der Waals surface area contributed by atoms with Crippen LogP contribution >= 0.6 is 0 Å². The third-order valence-electron chi connectivity index (χ3n) is 2.66. The van der Waals surface area contributed by atoms with Crippen LogP contribution in [0.1, 0.15) is 17.3 Å². The van der Waals surface area contributed by atoms with Gasteiger partial charge in [-0.3, -0.25) is 9.59 Å². The molecule has 0 saturated heterocycles. The number of hydrogen-bond donors (Lipinski definition) is 2. The number of amides is 2. The topological polar surface area (TPSA) is 95.6 Å². The van der Waals surface area contributed by atoms with E-state index < -0.39 is 15.9 Å². The normalized spacial score (nSPS) is 11.0. The molecule has 8 heteroatoms. The summed E-state index contributed by atoms with van der Waals surface area (Å²) >= 11 is 0. The predicted octanol–water partition coefficient (Wildman–Crippen LogP) is -0.197. The smallest absolute Gasteiger partial charge is 0.251 e. The fourth-order valence-corrected chi connectivity index (χ4v) is 2.52. The van der Waals surface area contributed by atoms with Gasteiger partial charge < -0.3 is 10.2 Å². The van der Waals surface area contributed by atoms with Gasteiger partial charge in [-0.15, -0.1) is 0 Å². The van der Waals surface area contributed by atoms with Crippen molar-refractivity contribution < 1.29 is 18.0 Å². The standard InChI is InChI=1S/C13H19N3O4S/c1-4-15-21(19,20)11-7-5-10(6-8-11)13(18)14-9-12(17)16(2)3/h5-8,15H,4,9H2,1-3H3,(H,14,18). The summed E-state index contributed by atoms with van der Waals surface area (Å²) in [6, 6.07) is 5.50. The lowest BCUT2D eigenvalue weighted by atomic mass is 10.2. The van der Waals surface area contributed by atoms with Crippen molar-refractivity contribution in [3.05, 3.63) is 29.8 Å². The molecule has 116 valence electrons. The monoisotopic (exact) mass is 313 g/mol. The van der Waals surface area contributed by atoms with Gasteiger partial charge in [-0.1, -0.05) is 6.92 Å². The van der Waals surface area contributed by atoms with Crippen molar-refractivity contribution in [2.45, 2.75) is 11.8 Å². The van der Waals surface area contributed by atoms with Crippen molar-refractivity contribution >= 4 is 21.8 Å². The minimum atomic E-state index is -3.53. The summed E-state index contributed by atoms with van der Waals surface area (Å²) in [6.07, 6.45) is 0. The van der Waals surface area contributed by atoms with Gasteiger partial charge in [-0.25, -0.2) is 13.1 Å². The molecular weight excluding hydrogens is 294 g/mol. The molecule has 0 radical (unpaired) electrons. The average molecular weight is 313 g/mol. The van der Waals surface area contributed by atoms with E-state index in [0.29, 0.717) is 0 Å². The van der Waals surface area contributed by atoms with Crippen LogP contribution in [0.3, 0.4) is 0 Å². The maximum Gasteiger partial charge on any atom is 0.251 e. The average Bonchev–Trinajstić information content (AvgIpc) is 2.44. The Morgan fingerprint density at radius 1 is 1.14 bits per heavy atom. The molecule has 0 aliphatic carbocycles. The summed E-state index contributed by atoms with van der Waals surface area (Å²) in [5, 5.41) is 2.47. The minimum Gasteiger partial charge on any atom is -0.347 e. The van der Waals surface area contributed by atoms with Crippen LogP contribution in [-0.2, 0) is 14.8 Å². The second kappa shape index (κ2) is 7.19. The summed E-state index contributed by atoms with van der Waals surface area (Å²) in [7, 11) is -0.348. The van der Waals surface area contributed by atoms with Crippen LogP contribution in [0.4, 0.5) is 0 Å². The Labute approximate surface area is 124 Å². The molecule has 0 aromatic heterocycles. The first-order chi connectivity index (χ1) is 9.77. The molecular formula is C13H19N3O4S. The number of nitrogens with one attached hydrogen (secondary N) is 2. The van der Waals surface area contributed by atoms with E-state index in [1.54, 1.807) is 21.0 Å². The highest BCUT2D eigenvalue weighted by Crippen LogP contribution is 2.10. The van der Waals surface area contributed by atoms with E-state index in [1.807, 2.05) is 0 Å². The second-order valence-corrected chi connectivity index (χ2v) is 6.26. The zero-order chi connectivity index (χ0) is 16.0. The Morgan fingerprint density at radius 3 is 2.19 bits per heavy atom. The lowest BCUT2D eigenvalue weighted by molar-refractivity contribution is -0.127. The van der Waals surface area contributed by atoms with E-state index in [9.17, 15) is 18.0 Å². The van der Waals surface area contributed by atoms with Crippen molar-refractivity contribution in [2.75, 3.05) is 27.2 Å². The summed E-state index contributed by atoms with van der Waals surface area (Å²) in [4.78, 5) is 24.6. The van der Waals surface area contributed by atoms with E-state index >= 15 is 0 Å². The van der Waals surface area contributed by atoms with Gasteiger partial charge in [0.1, 0.15) is 0 Å². The van der Waals surface area contributed by atoms with Gasteiger partial charge in [-0.05, 0) is 24.3 Å². The largest absolute Gasteiger partial charge is 0.347 e. The molecule has 0 saturated carbocycles. The molecule has 21 heavy (non-hydrogen) atoms. The molecule has 0 fully saturated rings. The van der Waals surface area contributed by atoms with Crippen LogP contribution in [0, 0.1) is 0 Å². The van der Waals surface area contributed by atoms with Crippen molar-refractivity contribution in [1.82, 2.24) is 14.9 Å². The van der Waals surface area contributed by atoms with Crippen LogP contribution in [0.25, 0.3) is 0 Å². The number of hydrogen-bond acceptors (Lipinski definition) is 4. The Balaban J connectivity index is 2.74. The first-order valence-corrected chi connectivity index (χ1v) is 7.84. The molecule has 1 aromatic rings. The Morgan fingerprint density at radius 2 is 1.71 bits per heavy atom. The van der Waals surface area contributed by atoms with Crippen LogP contribution in [0.5, 0.6) is 0 Å². The maximum atomic E-state index is 11.8. The molecule has 0 unspecified atom stereocenters. The highest BCUT2D eigenvalue weighted by Gasteiger charge is 2.14. The van der Waals surface area contributed by atoms with Gasteiger partial charge in [0.05, 0.1) is 11.4 Å². The van der Waals surface area contributed by atoms with Gasteiger partial charge in [0, 0.05) is 26.2 Å². The lowest BCUT2D eigenvalue weighted by Gasteiger charge is -2.11. The molecule has 0 aliphatic heterocycles. The molecule has 7 nitrogen and oxygen atoms in total. The molecule has 0 heterocycles. The molecule has 1 rings (SSSR count).